The number of aryl methyl sites for hydroxylation is 1. The number of benzene rings is 1. The topological polar surface area (TPSA) is 51.7 Å². The van der Waals surface area contributed by atoms with Gasteiger partial charge in [0, 0.05) is 24.0 Å². The van der Waals surface area contributed by atoms with Crippen molar-refractivity contribution in [2.24, 2.45) is 0 Å². The average Bonchev–Trinajstić information content (AvgIpc) is 2.67. The molecule has 0 radical (unpaired) electrons. The minimum absolute atomic E-state index is 0.0218. The Morgan fingerprint density at radius 3 is 3.04 bits per heavy atom. The van der Waals surface area contributed by atoms with Crippen LogP contribution in [0.2, 0.25) is 0 Å². The zero-order valence-corrected chi connectivity index (χ0v) is 14.1. The zero-order valence-electron chi connectivity index (χ0n) is 14.1. The van der Waals surface area contributed by atoms with Crippen LogP contribution in [0.1, 0.15) is 22.9 Å². The van der Waals surface area contributed by atoms with E-state index in [4.69, 9.17) is 9.47 Å². The number of aromatic nitrogens is 1. The minimum Gasteiger partial charge on any atom is -0.488 e. The fraction of sp³-hybridized carbons (Fsp3) is 0.300. The second-order valence-electron chi connectivity index (χ2n) is 6.34. The second kappa shape index (κ2) is 6.69. The van der Waals surface area contributed by atoms with Gasteiger partial charge in [0.05, 0.1) is 18.7 Å². The monoisotopic (exact) mass is 336 g/mol. The number of para-hydroxylation sites is 1. The molecular formula is C20H20N2O3. The zero-order chi connectivity index (χ0) is 17.2. The summed E-state index contributed by atoms with van der Waals surface area (Å²) in [5.41, 5.74) is 3.64. The van der Waals surface area contributed by atoms with E-state index in [1.165, 1.54) is 0 Å². The van der Waals surface area contributed by atoms with E-state index in [-0.39, 0.29) is 12.0 Å². The summed E-state index contributed by atoms with van der Waals surface area (Å²) in [5.74, 6) is 0.847. The van der Waals surface area contributed by atoms with Crippen LogP contribution in [-0.4, -0.2) is 42.1 Å². The molecular weight excluding hydrogens is 316 g/mol. The minimum atomic E-state index is -0.114. The van der Waals surface area contributed by atoms with Gasteiger partial charge in [-0.2, -0.15) is 0 Å². The molecule has 0 unspecified atom stereocenters. The maximum atomic E-state index is 12.9. The van der Waals surface area contributed by atoms with Gasteiger partial charge in [-0.3, -0.25) is 9.78 Å². The lowest BCUT2D eigenvalue weighted by atomic mass is 10.0. The number of carbonyl (C=O) groups is 1. The van der Waals surface area contributed by atoms with Gasteiger partial charge in [-0.15, -0.1) is 0 Å². The van der Waals surface area contributed by atoms with E-state index in [1.807, 2.05) is 54.3 Å². The van der Waals surface area contributed by atoms with Crippen molar-refractivity contribution in [3.8, 4) is 5.75 Å². The number of rotatable bonds is 2. The van der Waals surface area contributed by atoms with Crippen LogP contribution in [0, 0.1) is 6.92 Å². The molecule has 3 heterocycles. The number of hydrogen-bond donors (Lipinski definition) is 0. The molecule has 0 saturated carbocycles. The molecule has 2 aliphatic heterocycles. The van der Waals surface area contributed by atoms with Crippen LogP contribution < -0.4 is 4.74 Å². The van der Waals surface area contributed by atoms with Crippen LogP contribution in [0.5, 0.6) is 5.75 Å². The summed E-state index contributed by atoms with van der Waals surface area (Å²) in [6.45, 7) is 3.94. The maximum Gasteiger partial charge on any atom is 0.253 e. The smallest absolute Gasteiger partial charge is 0.253 e. The first-order valence-corrected chi connectivity index (χ1v) is 8.46. The Bertz CT molecular complexity index is 831. The van der Waals surface area contributed by atoms with Crippen LogP contribution in [-0.2, 0) is 9.53 Å². The Labute approximate surface area is 146 Å². The van der Waals surface area contributed by atoms with Crippen molar-refractivity contribution in [1.82, 2.24) is 9.88 Å². The van der Waals surface area contributed by atoms with Gasteiger partial charge in [0.1, 0.15) is 18.5 Å². The molecule has 1 saturated heterocycles. The highest BCUT2D eigenvalue weighted by atomic mass is 16.5. The molecule has 2 aromatic rings. The lowest BCUT2D eigenvalue weighted by Gasteiger charge is -2.34. The summed E-state index contributed by atoms with van der Waals surface area (Å²) in [5, 5.41) is 0. The summed E-state index contributed by atoms with van der Waals surface area (Å²) >= 11 is 0. The first kappa shape index (κ1) is 15.8. The largest absolute Gasteiger partial charge is 0.488 e. The molecule has 1 atom stereocenters. The van der Waals surface area contributed by atoms with E-state index in [2.05, 4.69) is 4.98 Å². The van der Waals surface area contributed by atoms with Gasteiger partial charge in [-0.05, 0) is 36.8 Å². The Morgan fingerprint density at radius 1 is 1.28 bits per heavy atom. The molecule has 128 valence electrons. The highest BCUT2D eigenvalue weighted by molar-refractivity contribution is 5.99. The van der Waals surface area contributed by atoms with Crippen molar-refractivity contribution in [3.63, 3.8) is 0 Å². The van der Waals surface area contributed by atoms with Gasteiger partial charge in [-0.1, -0.05) is 18.2 Å². The maximum absolute atomic E-state index is 12.9. The lowest BCUT2D eigenvalue weighted by Crippen LogP contribution is -2.43. The van der Waals surface area contributed by atoms with Gasteiger partial charge in [0.15, 0.2) is 0 Å². The number of pyridine rings is 1. The summed E-state index contributed by atoms with van der Waals surface area (Å²) in [6, 6.07) is 11.7. The molecule has 4 rings (SSSR count). The van der Waals surface area contributed by atoms with Gasteiger partial charge in [-0.25, -0.2) is 0 Å². The number of morpholine rings is 1. The molecule has 25 heavy (non-hydrogen) atoms. The number of amides is 1. The average molecular weight is 336 g/mol. The van der Waals surface area contributed by atoms with Crippen molar-refractivity contribution in [1.29, 1.82) is 0 Å². The molecule has 1 aromatic carbocycles. The van der Waals surface area contributed by atoms with E-state index < -0.39 is 0 Å². The van der Waals surface area contributed by atoms with Crippen molar-refractivity contribution in [2.45, 2.75) is 13.0 Å². The number of nitrogens with zero attached hydrogens (tertiary/aromatic N) is 2. The van der Waals surface area contributed by atoms with Gasteiger partial charge in [0.2, 0.25) is 0 Å². The fourth-order valence-corrected chi connectivity index (χ4v) is 3.25. The van der Waals surface area contributed by atoms with Gasteiger partial charge < -0.3 is 14.4 Å². The standard InChI is InChI=1S/C20H20N2O3/c1-14-10-16(6-7-21-14)19-12-22(8-9-24-19)20(23)17-11-15-4-2-3-5-18(15)25-13-17/h2-7,10-11,19H,8-9,12-13H2,1H3/t19-/m1/s1. The third kappa shape index (κ3) is 3.28. The molecule has 5 nitrogen and oxygen atoms in total. The number of carbonyl (C=O) groups excluding carboxylic acids is 1. The second-order valence-corrected chi connectivity index (χ2v) is 6.34. The van der Waals surface area contributed by atoms with E-state index >= 15 is 0 Å². The highest BCUT2D eigenvalue weighted by Crippen LogP contribution is 2.28. The van der Waals surface area contributed by atoms with Crippen molar-refractivity contribution < 1.29 is 14.3 Å². The lowest BCUT2D eigenvalue weighted by molar-refractivity contribution is -0.135. The highest BCUT2D eigenvalue weighted by Gasteiger charge is 2.28. The summed E-state index contributed by atoms with van der Waals surface area (Å²) in [6.07, 6.45) is 3.60. The van der Waals surface area contributed by atoms with Crippen LogP contribution in [0.3, 0.4) is 0 Å². The number of hydrogen-bond acceptors (Lipinski definition) is 4. The molecule has 1 fully saturated rings. The Kier molecular flexibility index (Phi) is 4.24. The van der Waals surface area contributed by atoms with Gasteiger partial charge in [0.25, 0.3) is 5.91 Å². The number of ether oxygens (including phenoxy) is 2. The third-order valence-electron chi connectivity index (χ3n) is 4.55. The van der Waals surface area contributed by atoms with E-state index in [0.717, 1.165) is 22.6 Å². The molecule has 0 aliphatic carbocycles. The quantitative estimate of drug-likeness (QED) is 0.846. The van der Waals surface area contributed by atoms with Gasteiger partial charge >= 0.3 is 0 Å². The third-order valence-corrected chi connectivity index (χ3v) is 4.55. The summed E-state index contributed by atoms with van der Waals surface area (Å²) in [4.78, 5) is 19.0. The molecule has 0 spiro atoms. The van der Waals surface area contributed by atoms with Crippen LogP contribution in [0.4, 0.5) is 0 Å². The Hall–Kier alpha value is -2.66. The van der Waals surface area contributed by atoms with Crippen molar-refractivity contribution >= 4 is 12.0 Å². The first-order valence-electron chi connectivity index (χ1n) is 8.46. The Balaban J connectivity index is 1.52. The normalized spacial score (nSPS) is 19.6. The predicted octanol–water partition coefficient (Wildman–Crippen LogP) is 2.77. The number of fused-ring (bicyclic) bond motifs is 1. The molecule has 0 N–H and O–H groups in total. The van der Waals surface area contributed by atoms with Crippen LogP contribution in [0.25, 0.3) is 6.08 Å². The van der Waals surface area contributed by atoms with E-state index in [1.54, 1.807) is 6.20 Å². The SMILES string of the molecule is Cc1cc([C@H]2CN(C(=O)C3=Cc4ccccc4OC3)CCO2)ccn1. The molecule has 1 aromatic heterocycles. The molecule has 5 heteroatoms. The van der Waals surface area contributed by atoms with Crippen LogP contribution in [0.15, 0.2) is 48.2 Å². The Morgan fingerprint density at radius 2 is 2.16 bits per heavy atom. The van der Waals surface area contributed by atoms with E-state index in [9.17, 15) is 4.79 Å². The molecule has 2 aliphatic rings. The van der Waals surface area contributed by atoms with Crippen molar-refractivity contribution in [2.75, 3.05) is 26.3 Å². The molecule has 0 bridgehead atoms. The fourth-order valence-electron chi connectivity index (χ4n) is 3.25. The summed E-state index contributed by atoms with van der Waals surface area (Å²) in [7, 11) is 0. The molecule has 1 amide bonds. The van der Waals surface area contributed by atoms with Crippen molar-refractivity contribution in [3.05, 3.63) is 65.0 Å². The summed E-state index contributed by atoms with van der Waals surface area (Å²) < 4.78 is 11.6. The van der Waals surface area contributed by atoms with Crippen LogP contribution >= 0.6 is 0 Å². The van der Waals surface area contributed by atoms with E-state index in [0.29, 0.717) is 31.9 Å². The predicted molar refractivity (Wildman–Crippen MR) is 94.2 cm³/mol. The first-order chi connectivity index (χ1) is 12.2.